The quantitative estimate of drug-likeness (QED) is 0.561. The minimum atomic E-state index is -2.59. The fourth-order valence-electron chi connectivity index (χ4n) is 4.32. The van der Waals surface area contributed by atoms with Crippen molar-refractivity contribution in [1.82, 2.24) is 0 Å². The van der Waals surface area contributed by atoms with Crippen molar-refractivity contribution in [2.24, 2.45) is 23.7 Å². The van der Waals surface area contributed by atoms with E-state index >= 15 is 0 Å². The summed E-state index contributed by atoms with van der Waals surface area (Å²) in [7, 11) is 0. The Morgan fingerprint density at radius 3 is 1.83 bits per heavy atom. The molecular weight excluding hydrogens is 245 g/mol. The third kappa shape index (κ3) is 1.93. The molecule has 0 aromatic carbocycles. The second-order valence-electron chi connectivity index (χ2n) is 5.88. The molecule has 5 heteroatoms. The van der Waals surface area contributed by atoms with E-state index in [0.29, 0.717) is 11.8 Å². The minimum Gasteiger partial charge on any atom is -0.456 e. The SMILES string of the molecule is O=C(OC1C2CC3CC(C2)CC1C3)C(F)=C(F)F. The van der Waals surface area contributed by atoms with Gasteiger partial charge in [-0.3, -0.25) is 0 Å². The van der Waals surface area contributed by atoms with Crippen molar-refractivity contribution in [2.75, 3.05) is 0 Å². The average molecular weight is 260 g/mol. The van der Waals surface area contributed by atoms with E-state index in [2.05, 4.69) is 0 Å². The summed E-state index contributed by atoms with van der Waals surface area (Å²) >= 11 is 0. The molecule has 0 atom stereocenters. The number of rotatable bonds is 2. The maximum Gasteiger partial charge on any atom is 0.373 e. The zero-order chi connectivity index (χ0) is 12.9. The molecule has 4 bridgehead atoms. The van der Waals surface area contributed by atoms with E-state index in [9.17, 15) is 18.0 Å². The van der Waals surface area contributed by atoms with Gasteiger partial charge in [-0.15, -0.1) is 0 Å². The van der Waals surface area contributed by atoms with Crippen LogP contribution in [-0.4, -0.2) is 12.1 Å². The monoisotopic (exact) mass is 260 g/mol. The topological polar surface area (TPSA) is 26.3 Å². The lowest BCUT2D eigenvalue weighted by Gasteiger charge is -2.53. The van der Waals surface area contributed by atoms with Crippen molar-refractivity contribution in [3.63, 3.8) is 0 Å². The molecule has 0 aromatic rings. The van der Waals surface area contributed by atoms with E-state index in [4.69, 9.17) is 4.74 Å². The van der Waals surface area contributed by atoms with Crippen LogP contribution < -0.4 is 0 Å². The molecule has 0 saturated heterocycles. The van der Waals surface area contributed by atoms with Crippen LogP contribution in [0.1, 0.15) is 32.1 Å². The standard InChI is InChI=1S/C13H15F3O2/c14-10(12(15)16)13(17)18-11-8-2-6-1-7(4-8)5-9(11)3-6/h6-9,11H,1-5H2. The van der Waals surface area contributed by atoms with E-state index in [-0.39, 0.29) is 17.9 Å². The Morgan fingerprint density at radius 2 is 1.39 bits per heavy atom. The Hall–Kier alpha value is -1.00. The van der Waals surface area contributed by atoms with Gasteiger partial charge in [-0.1, -0.05) is 0 Å². The number of hydrogen-bond acceptors (Lipinski definition) is 2. The molecule has 0 amide bonds. The lowest BCUT2D eigenvalue weighted by atomic mass is 9.55. The number of carbonyl (C=O) groups is 1. The molecule has 0 spiro atoms. The first-order chi connectivity index (χ1) is 8.54. The van der Waals surface area contributed by atoms with Crippen molar-refractivity contribution >= 4 is 5.97 Å². The van der Waals surface area contributed by atoms with Crippen molar-refractivity contribution in [3.05, 3.63) is 11.9 Å². The van der Waals surface area contributed by atoms with Crippen LogP contribution in [0.2, 0.25) is 0 Å². The zero-order valence-electron chi connectivity index (χ0n) is 9.87. The molecule has 18 heavy (non-hydrogen) atoms. The van der Waals surface area contributed by atoms with Gasteiger partial charge in [0.05, 0.1) is 0 Å². The van der Waals surface area contributed by atoms with Gasteiger partial charge in [-0.2, -0.15) is 13.2 Å². The van der Waals surface area contributed by atoms with Gasteiger partial charge in [0.1, 0.15) is 6.10 Å². The second-order valence-corrected chi connectivity index (χ2v) is 5.88. The zero-order valence-corrected chi connectivity index (χ0v) is 9.87. The first-order valence-corrected chi connectivity index (χ1v) is 6.46. The minimum absolute atomic E-state index is 0.251. The fourth-order valence-corrected chi connectivity index (χ4v) is 4.32. The third-order valence-electron chi connectivity index (χ3n) is 4.73. The lowest BCUT2D eigenvalue weighted by Crippen LogP contribution is -2.50. The van der Waals surface area contributed by atoms with Crippen LogP contribution in [0.3, 0.4) is 0 Å². The first kappa shape index (κ1) is 12.1. The normalized spacial score (nSPS) is 40.7. The summed E-state index contributed by atoms with van der Waals surface area (Å²) in [5, 5.41) is 0. The van der Waals surface area contributed by atoms with Gasteiger partial charge in [0.15, 0.2) is 0 Å². The van der Waals surface area contributed by atoms with Crippen LogP contribution in [0.4, 0.5) is 13.2 Å². The molecule has 0 unspecified atom stereocenters. The van der Waals surface area contributed by atoms with Crippen LogP contribution >= 0.6 is 0 Å². The van der Waals surface area contributed by atoms with E-state index in [1.165, 1.54) is 6.42 Å². The van der Waals surface area contributed by atoms with Crippen LogP contribution in [0.5, 0.6) is 0 Å². The molecule has 0 heterocycles. The van der Waals surface area contributed by atoms with Crippen LogP contribution in [0.15, 0.2) is 11.9 Å². The molecule has 0 radical (unpaired) electrons. The van der Waals surface area contributed by atoms with E-state index in [1.54, 1.807) is 0 Å². The first-order valence-electron chi connectivity index (χ1n) is 6.46. The summed E-state index contributed by atoms with van der Waals surface area (Å²) in [5.74, 6) is -1.64. The third-order valence-corrected chi connectivity index (χ3v) is 4.73. The number of ether oxygens (including phenoxy) is 1. The van der Waals surface area contributed by atoms with Gasteiger partial charge in [0, 0.05) is 0 Å². The smallest absolute Gasteiger partial charge is 0.373 e. The maximum atomic E-state index is 12.8. The van der Waals surface area contributed by atoms with Gasteiger partial charge in [0.25, 0.3) is 5.83 Å². The maximum absolute atomic E-state index is 12.8. The van der Waals surface area contributed by atoms with E-state index in [0.717, 1.165) is 25.7 Å². The molecule has 4 aliphatic rings. The summed E-state index contributed by atoms with van der Waals surface area (Å²) < 4.78 is 41.8. The van der Waals surface area contributed by atoms with Crippen molar-refractivity contribution in [1.29, 1.82) is 0 Å². The van der Waals surface area contributed by atoms with Crippen LogP contribution in [0.25, 0.3) is 0 Å². The molecular formula is C13H15F3O2. The predicted octanol–water partition coefficient (Wildman–Crippen LogP) is 3.43. The molecule has 0 N–H and O–H groups in total. The van der Waals surface area contributed by atoms with Crippen molar-refractivity contribution in [3.8, 4) is 0 Å². The lowest BCUT2D eigenvalue weighted by molar-refractivity contribution is -0.168. The summed E-state index contributed by atoms with van der Waals surface area (Å²) in [5.41, 5.74) is 0. The molecule has 100 valence electrons. The van der Waals surface area contributed by atoms with E-state index in [1.807, 2.05) is 0 Å². The predicted molar refractivity (Wildman–Crippen MR) is 57.3 cm³/mol. The fraction of sp³-hybridized carbons (Fsp3) is 0.769. The van der Waals surface area contributed by atoms with Crippen molar-refractivity contribution in [2.45, 2.75) is 38.2 Å². The van der Waals surface area contributed by atoms with Crippen molar-refractivity contribution < 1.29 is 22.7 Å². The number of hydrogen-bond donors (Lipinski definition) is 0. The van der Waals surface area contributed by atoms with Crippen LogP contribution in [-0.2, 0) is 9.53 Å². The highest BCUT2D eigenvalue weighted by Crippen LogP contribution is 2.54. The summed E-state index contributed by atoms with van der Waals surface area (Å²) in [6.07, 6.45) is 2.28. The van der Waals surface area contributed by atoms with Gasteiger partial charge in [-0.05, 0) is 55.8 Å². The molecule has 0 aliphatic heterocycles. The summed E-state index contributed by atoms with van der Waals surface area (Å²) in [4.78, 5) is 11.2. The number of halogens is 3. The highest BCUT2D eigenvalue weighted by atomic mass is 19.3. The van der Waals surface area contributed by atoms with Gasteiger partial charge in [0.2, 0.25) is 0 Å². The summed E-state index contributed by atoms with van der Waals surface area (Å²) in [6, 6.07) is 0. The average Bonchev–Trinajstić information content (AvgIpc) is 2.31. The molecule has 4 saturated carbocycles. The largest absolute Gasteiger partial charge is 0.456 e. The Kier molecular flexibility index (Phi) is 2.87. The Balaban J connectivity index is 1.71. The second kappa shape index (κ2) is 4.28. The van der Waals surface area contributed by atoms with Gasteiger partial charge < -0.3 is 4.74 Å². The number of carbonyl (C=O) groups excluding carboxylic acids is 1. The summed E-state index contributed by atoms with van der Waals surface area (Å²) in [6.45, 7) is 0. The molecule has 4 aliphatic carbocycles. The number of esters is 1. The molecule has 2 nitrogen and oxygen atoms in total. The Bertz CT molecular complexity index is 373. The Morgan fingerprint density at radius 1 is 0.889 bits per heavy atom. The van der Waals surface area contributed by atoms with Gasteiger partial charge >= 0.3 is 12.0 Å². The Labute approximate surface area is 103 Å². The van der Waals surface area contributed by atoms with E-state index < -0.39 is 17.9 Å². The van der Waals surface area contributed by atoms with Gasteiger partial charge in [-0.25, -0.2) is 4.79 Å². The molecule has 4 rings (SSSR count). The highest BCUT2D eigenvalue weighted by Gasteiger charge is 2.50. The highest BCUT2D eigenvalue weighted by molar-refractivity contribution is 5.86. The van der Waals surface area contributed by atoms with Crippen LogP contribution in [0, 0.1) is 23.7 Å². The molecule has 4 fully saturated rings. The molecule has 0 aromatic heterocycles.